The highest BCUT2D eigenvalue weighted by Crippen LogP contribution is 2.30. The number of hydrogen-bond donors (Lipinski definition) is 1. The van der Waals surface area contributed by atoms with E-state index in [1.54, 1.807) is 0 Å². The van der Waals surface area contributed by atoms with Crippen molar-refractivity contribution in [3.05, 3.63) is 21.4 Å². The smallest absolute Gasteiger partial charge is 0.0708 e. The van der Waals surface area contributed by atoms with Crippen LogP contribution in [0.4, 0.5) is 0 Å². The van der Waals surface area contributed by atoms with Gasteiger partial charge in [-0.1, -0.05) is 0 Å². The Balaban J connectivity index is 1.86. The first-order valence-corrected chi connectivity index (χ1v) is 7.67. The molecule has 18 heavy (non-hydrogen) atoms. The van der Waals surface area contributed by atoms with Crippen molar-refractivity contribution in [2.24, 2.45) is 0 Å². The van der Waals surface area contributed by atoms with Crippen LogP contribution in [0.1, 0.15) is 55.0 Å². The summed E-state index contributed by atoms with van der Waals surface area (Å²) >= 11 is 1.88. The van der Waals surface area contributed by atoms with E-state index in [4.69, 9.17) is 4.74 Å². The zero-order valence-electron chi connectivity index (χ0n) is 12.2. The Morgan fingerprint density at radius 3 is 2.72 bits per heavy atom. The summed E-state index contributed by atoms with van der Waals surface area (Å²) < 4.78 is 6.01. The lowest BCUT2D eigenvalue weighted by Gasteiger charge is -2.21. The van der Waals surface area contributed by atoms with Gasteiger partial charge in [-0.05, 0) is 59.1 Å². The minimum absolute atomic E-state index is 0.0739. The van der Waals surface area contributed by atoms with Crippen LogP contribution >= 0.6 is 11.3 Å². The van der Waals surface area contributed by atoms with E-state index in [1.807, 2.05) is 11.3 Å². The largest absolute Gasteiger partial charge is 0.371 e. The molecule has 2 heterocycles. The topological polar surface area (TPSA) is 21.3 Å². The molecule has 1 N–H and O–H groups in total. The molecule has 2 nitrogen and oxygen atoms in total. The van der Waals surface area contributed by atoms with E-state index in [1.165, 1.54) is 28.2 Å². The first kappa shape index (κ1) is 14.0. The maximum absolute atomic E-state index is 6.01. The number of aryl methyl sites for hydroxylation is 2. The van der Waals surface area contributed by atoms with Crippen molar-refractivity contribution >= 4 is 11.3 Å². The summed E-state index contributed by atoms with van der Waals surface area (Å²) in [6.07, 6.45) is 2.72. The minimum atomic E-state index is 0.0739. The number of rotatable bonds is 4. The molecule has 1 aromatic heterocycles. The molecule has 0 bridgehead atoms. The molecule has 102 valence electrons. The van der Waals surface area contributed by atoms with Crippen LogP contribution < -0.4 is 5.32 Å². The van der Waals surface area contributed by atoms with E-state index < -0.39 is 0 Å². The summed E-state index contributed by atoms with van der Waals surface area (Å²) in [5.41, 5.74) is 1.51. The predicted molar refractivity (Wildman–Crippen MR) is 78.4 cm³/mol. The van der Waals surface area contributed by atoms with Gasteiger partial charge in [0.25, 0.3) is 0 Å². The van der Waals surface area contributed by atoms with E-state index in [0.717, 1.165) is 6.54 Å². The van der Waals surface area contributed by atoms with Gasteiger partial charge in [0, 0.05) is 22.3 Å². The Labute approximate surface area is 115 Å². The van der Waals surface area contributed by atoms with Gasteiger partial charge in [0.1, 0.15) is 0 Å². The van der Waals surface area contributed by atoms with Crippen LogP contribution in [-0.2, 0) is 4.74 Å². The number of nitrogens with one attached hydrogen (secondary N) is 1. The van der Waals surface area contributed by atoms with Gasteiger partial charge < -0.3 is 10.1 Å². The van der Waals surface area contributed by atoms with Crippen LogP contribution in [0.5, 0.6) is 0 Å². The highest BCUT2D eigenvalue weighted by Gasteiger charge is 2.31. The molecule has 1 aromatic rings. The van der Waals surface area contributed by atoms with Gasteiger partial charge in [-0.15, -0.1) is 11.3 Å². The minimum Gasteiger partial charge on any atom is -0.371 e. The van der Waals surface area contributed by atoms with Crippen molar-refractivity contribution in [1.82, 2.24) is 5.32 Å². The van der Waals surface area contributed by atoms with Crippen LogP contribution in [0.15, 0.2) is 6.07 Å². The van der Waals surface area contributed by atoms with Crippen LogP contribution in [0, 0.1) is 13.8 Å². The van der Waals surface area contributed by atoms with Crippen molar-refractivity contribution < 1.29 is 4.74 Å². The molecule has 2 rings (SSSR count). The lowest BCUT2D eigenvalue weighted by molar-refractivity contribution is -0.0150. The summed E-state index contributed by atoms with van der Waals surface area (Å²) in [7, 11) is 0. The maximum Gasteiger partial charge on any atom is 0.0708 e. The summed E-state index contributed by atoms with van der Waals surface area (Å²) in [5.74, 6) is 0. The molecule has 2 unspecified atom stereocenters. The number of hydrogen-bond acceptors (Lipinski definition) is 3. The second kappa shape index (κ2) is 5.32. The zero-order valence-corrected chi connectivity index (χ0v) is 13.0. The molecule has 0 spiro atoms. The van der Waals surface area contributed by atoms with Gasteiger partial charge in [-0.3, -0.25) is 0 Å². The van der Waals surface area contributed by atoms with Crippen LogP contribution in [0.3, 0.4) is 0 Å². The molecule has 0 radical (unpaired) electrons. The third kappa shape index (κ3) is 3.34. The fraction of sp³-hybridized carbons (Fsp3) is 0.733. The Kier molecular flexibility index (Phi) is 4.15. The van der Waals surface area contributed by atoms with E-state index in [2.05, 4.69) is 46.0 Å². The normalized spacial score (nSPS) is 24.4. The molecule has 0 amide bonds. The summed E-state index contributed by atoms with van der Waals surface area (Å²) in [4.78, 5) is 2.83. The fourth-order valence-electron chi connectivity index (χ4n) is 2.72. The molecule has 1 saturated heterocycles. The first-order valence-electron chi connectivity index (χ1n) is 6.85. The summed E-state index contributed by atoms with van der Waals surface area (Å²) in [6.45, 7) is 12.0. The Hall–Kier alpha value is -0.380. The van der Waals surface area contributed by atoms with Gasteiger partial charge in [-0.2, -0.15) is 0 Å². The molecule has 1 fully saturated rings. The maximum atomic E-state index is 6.01. The Bertz CT molecular complexity index is 411. The van der Waals surface area contributed by atoms with Gasteiger partial charge >= 0.3 is 0 Å². The molecule has 2 atom stereocenters. The van der Waals surface area contributed by atoms with E-state index >= 15 is 0 Å². The zero-order chi connectivity index (χ0) is 13.3. The van der Waals surface area contributed by atoms with Crippen molar-refractivity contribution in [3.63, 3.8) is 0 Å². The SMILES string of the molecule is Cc1cc(C(C)NCC2CCC(C)(C)O2)c(C)s1. The van der Waals surface area contributed by atoms with Gasteiger partial charge in [0.05, 0.1) is 11.7 Å². The van der Waals surface area contributed by atoms with Gasteiger partial charge in [-0.25, -0.2) is 0 Å². The molecule has 0 saturated carbocycles. The predicted octanol–water partition coefficient (Wildman–Crippen LogP) is 3.97. The van der Waals surface area contributed by atoms with Gasteiger partial charge in [0.2, 0.25) is 0 Å². The number of ether oxygens (including phenoxy) is 1. The third-order valence-corrected chi connectivity index (χ3v) is 4.73. The highest BCUT2D eigenvalue weighted by atomic mass is 32.1. The molecule has 0 aliphatic carbocycles. The van der Waals surface area contributed by atoms with Crippen molar-refractivity contribution in [1.29, 1.82) is 0 Å². The summed E-state index contributed by atoms with van der Waals surface area (Å²) in [6, 6.07) is 2.72. The molecular formula is C15H25NOS. The van der Waals surface area contributed by atoms with E-state index in [-0.39, 0.29) is 5.60 Å². The molecule has 3 heteroatoms. The molecule has 1 aliphatic rings. The second-order valence-electron chi connectivity index (χ2n) is 6.04. The lowest BCUT2D eigenvalue weighted by atomic mass is 10.1. The second-order valence-corrected chi connectivity index (χ2v) is 7.50. The molecule has 0 aromatic carbocycles. The first-order chi connectivity index (χ1) is 8.37. The fourth-order valence-corrected chi connectivity index (χ4v) is 3.74. The lowest BCUT2D eigenvalue weighted by Crippen LogP contribution is -2.31. The monoisotopic (exact) mass is 267 g/mol. The van der Waals surface area contributed by atoms with Crippen LogP contribution in [-0.4, -0.2) is 18.2 Å². The van der Waals surface area contributed by atoms with Crippen molar-refractivity contribution in [3.8, 4) is 0 Å². The standard InChI is InChI=1S/C15H25NOS/c1-10-8-14(12(3)18-10)11(2)16-9-13-6-7-15(4,5)17-13/h8,11,13,16H,6-7,9H2,1-5H3. The quantitative estimate of drug-likeness (QED) is 0.891. The Morgan fingerprint density at radius 2 is 2.22 bits per heavy atom. The average molecular weight is 267 g/mol. The number of thiophene rings is 1. The van der Waals surface area contributed by atoms with Crippen LogP contribution in [0.25, 0.3) is 0 Å². The van der Waals surface area contributed by atoms with Crippen LogP contribution in [0.2, 0.25) is 0 Å². The summed E-state index contributed by atoms with van der Waals surface area (Å²) in [5, 5.41) is 3.61. The Morgan fingerprint density at radius 1 is 1.50 bits per heavy atom. The molecular weight excluding hydrogens is 242 g/mol. The van der Waals surface area contributed by atoms with E-state index in [9.17, 15) is 0 Å². The van der Waals surface area contributed by atoms with Gasteiger partial charge in [0.15, 0.2) is 0 Å². The third-order valence-electron chi connectivity index (χ3n) is 3.75. The van der Waals surface area contributed by atoms with Crippen molar-refractivity contribution in [2.75, 3.05) is 6.54 Å². The van der Waals surface area contributed by atoms with Crippen molar-refractivity contribution in [2.45, 2.75) is 65.2 Å². The average Bonchev–Trinajstić information content (AvgIpc) is 2.78. The molecule has 1 aliphatic heterocycles. The van der Waals surface area contributed by atoms with E-state index in [0.29, 0.717) is 12.1 Å². The highest BCUT2D eigenvalue weighted by molar-refractivity contribution is 7.12.